The van der Waals surface area contributed by atoms with Gasteiger partial charge in [-0.1, -0.05) is 30.3 Å². The Morgan fingerprint density at radius 2 is 2.14 bits per heavy atom. The maximum atomic E-state index is 11.7. The van der Waals surface area contributed by atoms with Crippen molar-refractivity contribution in [1.82, 2.24) is 15.6 Å². The molecule has 6 heteroatoms. The highest BCUT2D eigenvalue weighted by Gasteiger charge is 2.13. The van der Waals surface area contributed by atoms with Crippen LogP contribution in [0.5, 0.6) is 0 Å². The Labute approximate surface area is 128 Å². The lowest BCUT2D eigenvalue weighted by Gasteiger charge is -2.12. The first-order chi connectivity index (χ1) is 10.2. The number of amides is 2. The number of thiazole rings is 1. The van der Waals surface area contributed by atoms with Gasteiger partial charge in [0.1, 0.15) is 5.01 Å². The number of benzene rings is 1. The first-order valence-electron chi connectivity index (χ1n) is 6.87. The summed E-state index contributed by atoms with van der Waals surface area (Å²) in [4.78, 5) is 16.2. The van der Waals surface area contributed by atoms with Crippen molar-refractivity contribution in [3.05, 3.63) is 40.7 Å². The zero-order valence-electron chi connectivity index (χ0n) is 11.9. The van der Waals surface area contributed by atoms with Crippen LogP contribution in [-0.2, 0) is 0 Å². The van der Waals surface area contributed by atoms with Crippen LogP contribution in [0.2, 0.25) is 0 Å². The number of rotatable bonds is 6. The first-order valence-corrected chi connectivity index (χ1v) is 7.74. The summed E-state index contributed by atoms with van der Waals surface area (Å²) in [7, 11) is 0. The summed E-state index contributed by atoms with van der Waals surface area (Å²) < 4.78 is 0. The van der Waals surface area contributed by atoms with Crippen molar-refractivity contribution >= 4 is 17.4 Å². The summed E-state index contributed by atoms with van der Waals surface area (Å²) >= 11 is 1.53. The number of carbonyl (C=O) groups is 1. The van der Waals surface area contributed by atoms with Crippen LogP contribution in [-0.4, -0.2) is 29.3 Å². The number of aromatic nitrogens is 1. The van der Waals surface area contributed by atoms with Crippen molar-refractivity contribution in [3.8, 4) is 11.3 Å². The van der Waals surface area contributed by atoms with Crippen LogP contribution in [0.3, 0.4) is 0 Å². The minimum atomic E-state index is -0.243. The van der Waals surface area contributed by atoms with Crippen LogP contribution in [0.1, 0.15) is 24.4 Å². The van der Waals surface area contributed by atoms with E-state index in [4.69, 9.17) is 5.11 Å². The summed E-state index contributed by atoms with van der Waals surface area (Å²) in [6.07, 6.45) is 0.553. The molecule has 0 fully saturated rings. The molecule has 1 heterocycles. The van der Waals surface area contributed by atoms with Crippen LogP contribution in [0.4, 0.5) is 4.79 Å². The van der Waals surface area contributed by atoms with Crippen molar-refractivity contribution in [1.29, 1.82) is 0 Å². The van der Waals surface area contributed by atoms with Crippen LogP contribution < -0.4 is 10.6 Å². The second-order valence-corrected chi connectivity index (χ2v) is 5.53. The van der Waals surface area contributed by atoms with Crippen LogP contribution in [0.15, 0.2) is 35.7 Å². The third kappa shape index (κ3) is 4.54. The lowest BCUT2D eigenvalue weighted by Crippen LogP contribution is -2.37. The van der Waals surface area contributed by atoms with Gasteiger partial charge < -0.3 is 15.7 Å². The molecule has 1 unspecified atom stereocenters. The number of aliphatic hydroxyl groups excluding tert-OH is 1. The average molecular weight is 305 g/mol. The molecule has 0 aliphatic rings. The van der Waals surface area contributed by atoms with E-state index in [0.29, 0.717) is 13.0 Å². The van der Waals surface area contributed by atoms with E-state index >= 15 is 0 Å². The predicted octanol–water partition coefficient (Wildman–Crippen LogP) is 2.55. The number of nitrogens with one attached hydrogen (secondary N) is 2. The number of aliphatic hydroxyl groups is 1. The number of nitrogens with zero attached hydrogens (tertiary/aromatic N) is 1. The molecule has 0 aliphatic carbocycles. The van der Waals surface area contributed by atoms with Crippen molar-refractivity contribution in [2.75, 3.05) is 13.2 Å². The van der Waals surface area contributed by atoms with E-state index in [1.807, 2.05) is 42.6 Å². The Balaban J connectivity index is 1.93. The zero-order chi connectivity index (χ0) is 15.1. The van der Waals surface area contributed by atoms with Crippen LogP contribution >= 0.6 is 11.3 Å². The zero-order valence-corrected chi connectivity index (χ0v) is 12.7. The largest absolute Gasteiger partial charge is 0.396 e. The van der Waals surface area contributed by atoms with E-state index in [9.17, 15) is 4.79 Å². The van der Waals surface area contributed by atoms with Gasteiger partial charge in [0, 0.05) is 24.1 Å². The standard InChI is InChI=1S/C15H19N3O2S/c1-11(17-15(20)16-8-5-9-19)14-18-13(10-21-14)12-6-3-2-4-7-12/h2-4,6-7,10-11,19H,5,8-9H2,1H3,(H2,16,17,20). The molecule has 0 aliphatic heterocycles. The van der Waals surface area contributed by atoms with Gasteiger partial charge in [0.2, 0.25) is 0 Å². The summed E-state index contributed by atoms with van der Waals surface area (Å²) in [5.41, 5.74) is 1.99. The molecule has 21 heavy (non-hydrogen) atoms. The van der Waals surface area contributed by atoms with Crippen molar-refractivity contribution in [2.45, 2.75) is 19.4 Å². The monoisotopic (exact) mass is 305 g/mol. The van der Waals surface area contributed by atoms with Crippen molar-refractivity contribution < 1.29 is 9.90 Å². The number of carbonyl (C=O) groups excluding carboxylic acids is 1. The highest BCUT2D eigenvalue weighted by Crippen LogP contribution is 2.25. The molecule has 0 bridgehead atoms. The van der Waals surface area contributed by atoms with E-state index < -0.39 is 0 Å². The lowest BCUT2D eigenvalue weighted by atomic mass is 10.2. The van der Waals surface area contributed by atoms with Gasteiger partial charge in [-0.25, -0.2) is 9.78 Å². The Hall–Kier alpha value is -1.92. The van der Waals surface area contributed by atoms with Gasteiger partial charge in [0.15, 0.2) is 0 Å². The van der Waals surface area contributed by atoms with Gasteiger partial charge in [0.25, 0.3) is 0 Å². The van der Waals surface area contributed by atoms with E-state index in [-0.39, 0.29) is 18.7 Å². The van der Waals surface area contributed by atoms with E-state index in [1.54, 1.807) is 0 Å². The molecule has 0 spiro atoms. The maximum Gasteiger partial charge on any atom is 0.315 e. The summed E-state index contributed by atoms with van der Waals surface area (Å²) in [5.74, 6) is 0. The summed E-state index contributed by atoms with van der Waals surface area (Å²) in [5, 5.41) is 17.1. The molecule has 1 aromatic carbocycles. The average Bonchev–Trinajstić information content (AvgIpc) is 2.98. The molecule has 3 N–H and O–H groups in total. The molecular formula is C15H19N3O2S. The Morgan fingerprint density at radius 3 is 2.86 bits per heavy atom. The Morgan fingerprint density at radius 1 is 1.38 bits per heavy atom. The SMILES string of the molecule is CC(NC(=O)NCCCO)c1nc(-c2ccccc2)cs1. The normalized spacial score (nSPS) is 11.9. The van der Waals surface area contributed by atoms with Crippen LogP contribution in [0, 0.1) is 0 Å². The summed E-state index contributed by atoms with van der Waals surface area (Å²) in [6, 6.07) is 9.55. The topological polar surface area (TPSA) is 74.2 Å². The molecule has 2 rings (SSSR count). The maximum absolute atomic E-state index is 11.7. The third-order valence-corrected chi connectivity index (χ3v) is 3.96. The van der Waals surface area contributed by atoms with Crippen molar-refractivity contribution in [3.63, 3.8) is 0 Å². The third-order valence-electron chi connectivity index (χ3n) is 2.93. The fraction of sp³-hybridized carbons (Fsp3) is 0.333. The van der Waals surface area contributed by atoms with Gasteiger partial charge >= 0.3 is 6.03 Å². The minimum Gasteiger partial charge on any atom is -0.396 e. The van der Waals surface area contributed by atoms with Crippen molar-refractivity contribution in [2.24, 2.45) is 0 Å². The Kier molecular flexibility index (Phi) is 5.71. The number of hydrogen-bond donors (Lipinski definition) is 3. The number of hydrogen-bond acceptors (Lipinski definition) is 4. The molecule has 0 radical (unpaired) electrons. The molecule has 5 nitrogen and oxygen atoms in total. The molecule has 0 saturated heterocycles. The number of urea groups is 1. The van der Waals surface area contributed by atoms with Gasteiger partial charge in [-0.05, 0) is 13.3 Å². The van der Waals surface area contributed by atoms with Gasteiger partial charge in [0.05, 0.1) is 11.7 Å². The second-order valence-electron chi connectivity index (χ2n) is 4.64. The Bertz CT molecular complexity index is 571. The molecule has 2 amide bonds. The first kappa shape index (κ1) is 15.5. The highest BCUT2D eigenvalue weighted by atomic mass is 32.1. The van der Waals surface area contributed by atoms with E-state index in [0.717, 1.165) is 16.3 Å². The van der Waals surface area contributed by atoms with Gasteiger partial charge in [-0.2, -0.15) is 0 Å². The molecule has 1 atom stereocenters. The molecular weight excluding hydrogens is 286 g/mol. The quantitative estimate of drug-likeness (QED) is 0.718. The lowest BCUT2D eigenvalue weighted by molar-refractivity contribution is 0.235. The smallest absolute Gasteiger partial charge is 0.315 e. The fourth-order valence-electron chi connectivity index (χ4n) is 1.82. The van der Waals surface area contributed by atoms with Gasteiger partial charge in [-0.15, -0.1) is 11.3 Å². The molecule has 0 saturated carbocycles. The molecule has 1 aromatic heterocycles. The molecule has 112 valence electrons. The fourth-order valence-corrected chi connectivity index (χ4v) is 2.65. The minimum absolute atomic E-state index is 0.0722. The van der Waals surface area contributed by atoms with E-state index in [1.165, 1.54) is 11.3 Å². The molecule has 2 aromatic rings. The second kappa shape index (κ2) is 7.75. The van der Waals surface area contributed by atoms with Gasteiger partial charge in [-0.3, -0.25) is 0 Å². The van der Waals surface area contributed by atoms with E-state index in [2.05, 4.69) is 15.6 Å². The highest BCUT2D eigenvalue weighted by molar-refractivity contribution is 7.10. The van der Waals surface area contributed by atoms with Crippen LogP contribution in [0.25, 0.3) is 11.3 Å². The predicted molar refractivity (Wildman–Crippen MR) is 84.2 cm³/mol. The summed E-state index contributed by atoms with van der Waals surface area (Å²) in [6.45, 7) is 2.43.